The molecule has 1 aromatic heterocycles. The Hall–Kier alpha value is -2.15. The lowest BCUT2D eigenvalue weighted by Gasteiger charge is -2.32. The van der Waals surface area contributed by atoms with Crippen molar-refractivity contribution in [2.75, 3.05) is 18.8 Å². The fraction of sp³-hybridized carbons (Fsp3) is 0.722. The van der Waals surface area contributed by atoms with Crippen molar-refractivity contribution >= 4 is 21.7 Å². The lowest BCUT2D eigenvalue weighted by molar-refractivity contribution is -0.192. The fourth-order valence-electron chi connectivity index (χ4n) is 3.96. The summed E-state index contributed by atoms with van der Waals surface area (Å²) in [5, 5.41) is 13.8. The standard InChI is InChI=1S/C16H26N4O3S.C2HF3O2/c1-11(2)18-16(21)13-4-5-24(22,23)15-10-20(9-14(13)15)8-12-6-17-19(3)7-12;3-2(4,5)1(6)7/h6-7,11,13-15H,4-5,8-10H2,1-3H3,(H,18,21);(H,6,7)/t13-,14+,15+;/m0./s1. The molecule has 2 saturated heterocycles. The zero-order valence-corrected chi connectivity index (χ0v) is 18.3. The summed E-state index contributed by atoms with van der Waals surface area (Å²) in [5.74, 6) is -2.96. The second kappa shape index (κ2) is 9.55. The number of likely N-dealkylation sites (tertiary alicyclic amines) is 1. The predicted molar refractivity (Wildman–Crippen MR) is 105 cm³/mol. The van der Waals surface area contributed by atoms with E-state index in [1.165, 1.54) is 0 Å². The molecular formula is C18H27F3N4O5S. The Morgan fingerprint density at radius 1 is 1.32 bits per heavy atom. The van der Waals surface area contributed by atoms with Gasteiger partial charge in [-0.05, 0) is 20.3 Å². The van der Waals surface area contributed by atoms with Crippen LogP contribution in [0.5, 0.6) is 0 Å². The number of rotatable bonds is 4. The van der Waals surface area contributed by atoms with Crippen molar-refractivity contribution in [3.05, 3.63) is 18.0 Å². The van der Waals surface area contributed by atoms with E-state index < -0.39 is 27.2 Å². The topological polar surface area (TPSA) is 122 Å². The molecule has 2 aliphatic heterocycles. The van der Waals surface area contributed by atoms with Gasteiger partial charge in [0.05, 0.1) is 17.2 Å². The van der Waals surface area contributed by atoms with Crippen LogP contribution in [0.2, 0.25) is 0 Å². The highest BCUT2D eigenvalue weighted by atomic mass is 32.2. The zero-order valence-electron chi connectivity index (χ0n) is 17.5. The summed E-state index contributed by atoms with van der Waals surface area (Å²) >= 11 is 0. The Morgan fingerprint density at radius 2 is 1.94 bits per heavy atom. The van der Waals surface area contributed by atoms with E-state index >= 15 is 0 Å². The second-order valence-corrected chi connectivity index (χ2v) is 10.5. The number of nitrogens with one attached hydrogen (secondary N) is 1. The zero-order chi connectivity index (χ0) is 23.6. The van der Waals surface area contributed by atoms with E-state index in [4.69, 9.17) is 9.90 Å². The van der Waals surface area contributed by atoms with Gasteiger partial charge in [-0.1, -0.05) is 0 Å². The van der Waals surface area contributed by atoms with Gasteiger partial charge >= 0.3 is 12.1 Å². The molecular weight excluding hydrogens is 441 g/mol. The number of carboxylic acid groups (broad SMARTS) is 1. The van der Waals surface area contributed by atoms with Crippen LogP contribution in [0.25, 0.3) is 0 Å². The van der Waals surface area contributed by atoms with Gasteiger partial charge in [-0.2, -0.15) is 18.3 Å². The third-order valence-corrected chi connectivity index (χ3v) is 7.48. The van der Waals surface area contributed by atoms with Gasteiger partial charge in [-0.25, -0.2) is 13.2 Å². The molecule has 9 nitrogen and oxygen atoms in total. The number of aromatic nitrogens is 2. The third kappa shape index (κ3) is 6.66. The third-order valence-electron chi connectivity index (χ3n) is 5.25. The molecule has 0 aliphatic carbocycles. The van der Waals surface area contributed by atoms with Gasteiger partial charge in [-0.3, -0.25) is 14.4 Å². The van der Waals surface area contributed by atoms with E-state index in [0.717, 1.165) is 5.56 Å². The maximum Gasteiger partial charge on any atom is 0.490 e. The minimum Gasteiger partial charge on any atom is -0.475 e. The molecule has 1 amide bonds. The maximum absolute atomic E-state index is 12.5. The van der Waals surface area contributed by atoms with Crippen LogP contribution in [-0.4, -0.2) is 76.4 Å². The largest absolute Gasteiger partial charge is 0.490 e. The van der Waals surface area contributed by atoms with Crippen LogP contribution < -0.4 is 5.32 Å². The molecule has 0 unspecified atom stereocenters. The van der Waals surface area contributed by atoms with Crippen LogP contribution in [0.1, 0.15) is 25.8 Å². The molecule has 0 spiro atoms. The summed E-state index contributed by atoms with van der Waals surface area (Å²) in [7, 11) is -1.25. The van der Waals surface area contributed by atoms with Crippen LogP contribution in [0, 0.1) is 11.8 Å². The number of aliphatic carboxylic acids is 1. The number of sulfone groups is 1. The number of carbonyl (C=O) groups is 2. The summed E-state index contributed by atoms with van der Waals surface area (Å²) in [5.41, 5.74) is 1.07. The quantitative estimate of drug-likeness (QED) is 0.671. The number of hydrogen-bond acceptors (Lipinski definition) is 6. The number of fused-ring (bicyclic) bond motifs is 1. The molecule has 3 heterocycles. The van der Waals surface area contributed by atoms with Crippen molar-refractivity contribution in [1.29, 1.82) is 0 Å². The first-order chi connectivity index (χ1) is 14.2. The van der Waals surface area contributed by atoms with Crippen LogP contribution in [0.4, 0.5) is 13.2 Å². The summed E-state index contributed by atoms with van der Waals surface area (Å²) in [4.78, 5) is 23.5. The summed E-state index contributed by atoms with van der Waals surface area (Å²) < 4.78 is 58.4. The van der Waals surface area contributed by atoms with Crippen molar-refractivity contribution < 1.29 is 36.3 Å². The predicted octanol–water partition coefficient (Wildman–Crippen LogP) is 0.813. The number of halogens is 3. The first-order valence-electron chi connectivity index (χ1n) is 9.72. The lowest BCUT2D eigenvalue weighted by Crippen LogP contribution is -2.48. The highest BCUT2D eigenvalue weighted by Crippen LogP contribution is 2.37. The number of nitrogens with zero attached hydrogens (tertiary/aromatic N) is 3. The summed E-state index contributed by atoms with van der Waals surface area (Å²) in [6.45, 7) is 5.69. The van der Waals surface area contributed by atoms with Crippen LogP contribution in [-0.2, 0) is 33.0 Å². The molecule has 3 rings (SSSR count). The Bertz CT molecular complexity index is 900. The molecule has 2 N–H and O–H groups in total. The molecule has 0 aromatic carbocycles. The normalized spacial score (nSPS) is 25.5. The van der Waals surface area contributed by atoms with Crippen LogP contribution in [0.3, 0.4) is 0 Å². The average Bonchev–Trinajstić information content (AvgIpc) is 3.21. The fourth-order valence-corrected chi connectivity index (χ4v) is 6.09. The number of alkyl halides is 3. The van der Waals surface area contributed by atoms with Crippen LogP contribution in [0.15, 0.2) is 12.4 Å². The first kappa shape index (κ1) is 25.1. The molecule has 0 saturated carbocycles. The second-order valence-electron chi connectivity index (χ2n) is 8.15. The molecule has 2 fully saturated rings. The number of carboxylic acids is 1. The van der Waals surface area contributed by atoms with E-state index in [-0.39, 0.29) is 29.5 Å². The van der Waals surface area contributed by atoms with Crippen molar-refractivity contribution in [3.8, 4) is 0 Å². The van der Waals surface area contributed by atoms with Gasteiger partial charge in [0.25, 0.3) is 0 Å². The van der Waals surface area contributed by atoms with Crippen molar-refractivity contribution in [3.63, 3.8) is 0 Å². The van der Waals surface area contributed by atoms with Gasteiger partial charge in [0.15, 0.2) is 9.84 Å². The summed E-state index contributed by atoms with van der Waals surface area (Å²) in [6, 6.07) is 0.0717. The molecule has 31 heavy (non-hydrogen) atoms. The molecule has 2 aliphatic rings. The SMILES string of the molecule is CC(C)NC(=O)[C@H]1CCS(=O)(=O)[C@@H]2CN(Cc3cnn(C)c3)C[C@H]12.O=C(O)C(F)(F)F. The lowest BCUT2D eigenvalue weighted by atomic mass is 9.87. The van der Waals surface area contributed by atoms with Crippen molar-refractivity contribution in [1.82, 2.24) is 20.0 Å². The van der Waals surface area contributed by atoms with E-state index in [2.05, 4.69) is 15.3 Å². The molecule has 0 bridgehead atoms. The highest BCUT2D eigenvalue weighted by molar-refractivity contribution is 7.92. The van der Waals surface area contributed by atoms with Crippen molar-refractivity contribution in [2.45, 2.75) is 44.3 Å². The van der Waals surface area contributed by atoms with E-state index in [0.29, 0.717) is 26.1 Å². The van der Waals surface area contributed by atoms with Gasteiger partial charge in [0.2, 0.25) is 5.91 Å². The monoisotopic (exact) mass is 468 g/mol. The molecule has 13 heteroatoms. The smallest absolute Gasteiger partial charge is 0.475 e. The van der Waals surface area contributed by atoms with E-state index in [9.17, 15) is 26.4 Å². The number of aryl methyl sites for hydroxylation is 1. The van der Waals surface area contributed by atoms with Gasteiger partial charge in [-0.15, -0.1) is 0 Å². The van der Waals surface area contributed by atoms with Gasteiger partial charge < -0.3 is 10.4 Å². The van der Waals surface area contributed by atoms with E-state index in [1.807, 2.05) is 27.1 Å². The molecule has 1 aromatic rings. The Kier molecular flexibility index (Phi) is 7.74. The average molecular weight is 468 g/mol. The number of hydrogen-bond donors (Lipinski definition) is 2. The molecule has 0 radical (unpaired) electrons. The minimum absolute atomic E-state index is 0.00173. The summed E-state index contributed by atoms with van der Waals surface area (Å²) in [6.07, 6.45) is -0.901. The molecule has 176 valence electrons. The maximum atomic E-state index is 12.5. The minimum atomic E-state index is -5.08. The first-order valence-corrected chi connectivity index (χ1v) is 11.4. The van der Waals surface area contributed by atoms with E-state index in [1.54, 1.807) is 10.9 Å². The van der Waals surface area contributed by atoms with Gasteiger partial charge in [0, 0.05) is 56.3 Å². The highest BCUT2D eigenvalue weighted by Gasteiger charge is 2.50. The molecule has 3 atom stereocenters. The Morgan fingerprint density at radius 3 is 2.42 bits per heavy atom. The number of carbonyl (C=O) groups excluding carboxylic acids is 1. The number of amides is 1. The Labute approximate surface area is 178 Å². The Balaban J connectivity index is 0.000000423. The van der Waals surface area contributed by atoms with Crippen LogP contribution >= 0.6 is 0 Å². The van der Waals surface area contributed by atoms with Crippen molar-refractivity contribution in [2.24, 2.45) is 18.9 Å². The van der Waals surface area contributed by atoms with Gasteiger partial charge in [0.1, 0.15) is 0 Å².